The molecule has 0 aliphatic carbocycles. The third-order valence-corrected chi connectivity index (χ3v) is 5.37. The molecule has 0 bridgehead atoms. The van der Waals surface area contributed by atoms with Gasteiger partial charge in [0.05, 0.1) is 5.41 Å². The zero-order valence-electron chi connectivity index (χ0n) is 16.4. The van der Waals surface area contributed by atoms with Crippen LogP contribution in [0.2, 0.25) is 5.02 Å². The lowest BCUT2D eigenvalue weighted by Gasteiger charge is -2.25. The summed E-state index contributed by atoms with van der Waals surface area (Å²) < 4.78 is 5.93. The number of halogens is 1. The molecule has 0 fully saturated rings. The van der Waals surface area contributed by atoms with Crippen molar-refractivity contribution < 1.29 is 4.74 Å². The Morgan fingerprint density at radius 2 is 1.71 bits per heavy atom. The molecule has 0 saturated carbocycles. The molecule has 0 heterocycles. The molecule has 1 atom stereocenters. The molecule has 142 valence electrons. The number of terminal acetylenes is 1. The van der Waals surface area contributed by atoms with Crippen molar-refractivity contribution in [2.75, 3.05) is 0 Å². The van der Waals surface area contributed by atoms with E-state index in [1.54, 1.807) is 0 Å². The second-order valence-electron chi connectivity index (χ2n) is 7.38. The Hall–Kier alpha value is -2.69. The van der Waals surface area contributed by atoms with Crippen molar-refractivity contribution in [3.05, 3.63) is 94.5 Å². The second kappa shape index (κ2) is 9.00. The van der Waals surface area contributed by atoms with Crippen molar-refractivity contribution >= 4 is 11.6 Å². The van der Waals surface area contributed by atoms with Crippen molar-refractivity contribution in [2.24, 2.45) is 0 Å². The predicted molar refractivity (Wildman–Crippen MR) is 118 cm³/mol. The highest BCUT2D eigenvalue weighted by atomic mass is 35.5. The van der Waals surface area contributed by atoms with Crippen LogP contribution in [0.4, 0.5) is 0 Å². The zero-order valence-corrected chi connectivity index (χ0v) is 17.2. The minimum absolute atomic E-state index is 0.372. The van der Waals surface area contributed by atoms with Gasteiger partial charge in [-0.1, -0.05) is 60.0 Å². The van der Waals surface area contributed by atoms with Gasteiger partial charge in [0.25, 0.3) is 0 Å². The summed E-state index contributed by atoms with van der Waals surface area (Å²) >= 11 is 6.47. The number of para-hydroxylation sites is 1. The Bertz CT molecular complexity index is 971. The fraction of sp³-hybridized carbons (Fsp3) is 0.231. The van der Waals surface area contributed by atoms with Crippen LogP contribution >= 0.6 is 11.6 Å². The van der Waals surface area contributed by atoms with Crippen LogP contribution in [0.5, 0.6) is 11.5 Å². The highest BCUT2D eigenvalue weighted by Crippen LogP contribution is 2.34. The minimum Gasteiger partial charge on any atom is -0.457 e. The fourth-order valence-corrected chi connectivity index (χ4v) is 3.83. The lowest BCUT2D eigenvalue weighted by Crippen LogP contribution is -2.20. The third kappa shape index (κ3) is 4.97. The van der Waals surface area contributed by atoms with Gasteiger partial charge in [-0.3, -0.25) is 0 Å². The van der Waals surface area contributed by atoms with Gasteiger partial charge in [-0.25, -0.2) is 0 Å². The van der Waals surface area contributed by atoms with Crippen LogP contribution in [-0.2, 0) is 11.8 Å². The highest BCUT2D eigenvalue weighted by molar-refractivity contribution is 6.31. The van der Waals surface area contributed by atoms with Crippen molar-refractivity contribution in [3.8, 4) is 23.8 Å². The Morgan fingerprint density at radius 3 is 2.43 bits per heavy atom. The molecule has 3 aromatic carbocycles. The van der Waals surface area contributed by atoms with E-state index in [0.29, 0.717) is 0 Å². The van der Waals surface area contributed by atoms with Crippen molar-refractivity contribution in [3.63, 3.8) is 0 Å². The number of ether oxygens (including phenoxy) is 1. The van der Waals surface area contributed by atoms with E-state index in [-0.39, 0.29) is 5.41 Å². The van der Waals surface area contributed by atoms with E-state index in [0.717, 1.165) is 46.9 Å². The first-order chi connectivity index (χ1) is 13.5. The maximum Gasteiger partial charge on any atom is 0.127 e. The zero-order chi connectivity index (χ0) is 20.0. The molecule has 0 spiro atoms. The van der Waals surface area contributed by atoms with E-state index in [4.69, 9.17) is 22.8 Å². The molecular weight excluding hydrogens is 364 g/mol. The van der Waals surface area contributed by atoms with Crippen molar-refractivity contribution in [1.82, 2.24) is 0 Å². The van der Waals surface area contributed by atoms with E-state index in [2.05, 4.69) is 37.1 Å². The van der Waals surface area contributed by atoms with E-state index >= 15 is 0 Å². The number of hydrogen-bond donors (Lipinski definition) is 0. The quantitative estimate of drug-likeness (QED) is 0.384. The predicted octanol–water partition coefficient (Wildman–Crippen LogP) is 7.35. The van der Waals surface area contributed by atoms with Gasteiger partial charge in [-0.05, 0) is 80.1 Å². The summed E-state index contributed by atoms with van der Waals surface area (Å²) in [5.74, 6) is 4.67. The molecule has 0 aliphatic heterocycles. The average Bonchev–Trinajstić information content (AvgIpc) is 2.69. The van der Waals surface area contributed by atoms with Crippen molar-refractivity contribution in [1.29, 1.82) is 0 Å². The average molecular weight is 389 g/mol. The Balaban J connectivity index is 1.65. The largest absolute Gasteiger partial charge is 0.457 e. The summed E-state index contributed by atoms with van der Waals surface area (Å²) in [6.45, 7) is 4.13. The number of hydrogen-bond acceptors (Lipinski definition) is 1. The van der Waals surface area contributed by atoms with Gasteiger partial charge in [0.1, 0.15) is 11.5 Å². The van der Waals surface area contributed by atoms with E-state index < -0.39 is 0 Å². The van der Waals surface area contributed by atoms with Crippen LogP contribution in [0.3, 0.4) is 0 Å². The molecule has 0 aromatic heterocycles. The number of benzene rings is 3. The molecular formula is C26H25ClO. The second-order valence-corrected chi connectivity index (χ2v) is 7.78. The smallest absolute Gasteiger partial charge is 0.127 e. The SMILES string of the molecule is C#CC(C)(CCCc1cccc(Oc2ccccc2)c1)c1ccc(C)cc1Cl. The number of rotatable bonds is 7. The molecule has 1 nitrogen and oxygen atoms in total. The van der Waals surface area contributed by atoms with Crippen LogP contribution in [-0.4, -0.2) is 0 Å². The molecule has 0 saturated heterocycles. The van der Waals surface area contributed by atoms with Crippen LogP contribution in [0, 0.1) is 19.3 Å². The van der Waals surface area contributed by atoms with Crippen LogP contribution in [0.1, 0.15) is 36.5 Å². The standard InChI is InChI=1S/C26H25ClO/c1-4-26(3,24-16-15-20(2)18-25(24)27)17-9-11-21-10-8-14-23(19-21)28-22-12-6-5-7-13-22/h1,5-8,10,12-16,18-19H,9,11,17H2,2-3H3. The molecule has 0 amide bonds. The summed E-state index contributed by atoms with van der Waals surface area (Å²) in [6.07, 6.45) is 8.69. The van der Waals surface area contributed by atoms with Gasteiger partial charge in [0, 0.05) is 5.02 Å². The molecule has 2 heteroatoms. The minimum atomic E-state index is -0.372. The van der Waals surface area contributed by atoms with E-state index in [1.165, 1.54) is 5.56 Å². The van der Waals surface area contributed by atoms with Gasteiger partial charge >= 0.3 is 0 Å². The van der Waals surface area contributed by atoms with Gasteiger partial charge in [0.2, 0.25) is 0 Å². The molecule has 28 heavy (non-hydrogen) atoms. The first-order valence-electron chi connectivity index (χ1n) is 9.56. The van der Waals surface area contributed by atoms with Crippen LogP contribution < -0.4 is 4.74 Å². The molecule has 3 aromatic rings. The molecule has 1 unspecified atom stereocenters. The normalized spacial score (nSPS) is 12.8. The summed E-state index contributed by atoms with van der Waals surface area (Å²) in [7, 11) is 0. The maximum atomic E-state index is 6.47. The highest BCUT2D eigenvalue weighted by Gasteiger charge is 2.26. The van der Waals surface area contributed by atoms with Gasteiger partial charge in [0.15, 0.2) is 0 Å². The van der Waals surface area contributed by atoms with E-state index in [1.807, 2.05) is 55.5 Å². The summed E-state index contributed by atoms with van der Waals surface area (Å²) in [5.41, 5.74) is 3.04. The first-order valence-corrected chi connectivity index (χ1v) is 9.94. The monoisotopic (exact) mass is 388 g/mol. The maximum absolute atomic E-state index is 6.47. The van der Waals surface area contributed by atoms with Gasteiger partial charge in [-0.2, -0.15) is 0 Å². The number of aryl methyl sites for hydroxylation is 2. The van der Waals surface area contributed by atoms with Gasteiger partial charge in [-0.15, -0.1) is 6.42 Å². The molecule has 0 aliphatic rings. The van der Waals surface area contributed by atoms with Crippen LogP contribution in [0.25, 0.3) is 0 Å². The summed E-state index contributed by atoms with van der Waals surface area (Å²) in [6, 6.07) is 24.2. The van der Waals surface area contributed by atoms with Crippen molar-refractivity contribution in [2.45, 2.75) is 38.5 Å². The van der Waals surface area contributed by atoms with Gasteiger partial charge < -0.3 is 4.74 Å². The Labute approximate surface area is 173 Å². The molecule has 0 N–H and O–H groups in total. The third-order valence-electron chi connectivity index (χ3n) is 5.06. The topological polar surface area (TPSA) is 9.23 Å². The van der Waals surface area contributed by atoms with Crippen LogP contribution in [0.15, 0.2) is 72.8 Å². The fourth-order valence-electron chi connectivity index (χ4n) is 3.39. The molecule has 3 rings (SSSR count). The molecule has 0 radical (unpaired) electrons. The lowest BCUT2D eigenvalue weighted by atomic mass is 9.78. The summed E-state index contributed by atoms with van der Waals surface area (Å²) in [4.78, 5) is 0. The Kier molecular flexibility index (Phi) is 6.45. The van der Waals surface area contributed by atoms with E-state index in [9.17, 15) is 0 Å². The Morgan fingerprint density at radius 1 is 0.964 bits per heavy atom. The summed E-state index contributed by atoms with van der Waals surface area (Å²) in [5, 5.41) is 0.749. The first kappa shape index (κ1) is 20.1. The lowest BCUT2D eigenvalue weighted by molar-refractivity contribution is 0.481.